The van der Waals surface area contributed by atoms with Crippen LogP contribution in [-0.2, 0) is 0 Å². The molecule has 1 saturated heterocycles. The van der Waals surface area contributed by atoms with Gasteiger partial charge in [-0.1, -0.05) is 5.11 Å². The molecule has 1 heterocycles. The van der Waals surface area contributed by atoms with E-state index in [4.69, 9.17) is 5.11 Å². The average Bonchev–Trinajstić information content (AvgIpc) is 2.59. The smallest absolute Gasteiger partial charge is 0.362 e. The third-order valence-electron chi connectivity index (χ3n) is 4.17. The lowest BCUT2D eigenvalue weighted by molar-refractivity contribution is 0.195. The van der Waals surface area contributed by atoms with Crippen molar-refractivity contribution >= 4 is 17.4 Å². The summed E-state index contributed by atoms with van der Waals surface area (Å²) in [4.78, 5) is 15.9. The van der Waals surface area contributed by atoms with Gasteiger partial charge < -0.3 is 14.9 Å². The predicted molar refractivity (Wildman–Crippen MR) is 91.5 cm³/mol. The molecule has 1 fully saturated rings. The van der Waals surface area contributed by atoms with E-state index in [0.717, 1.165) is 43.7 Å². The van der Waals surface area contributed by atoms with E-state index in [0.29, 0.717) is 12.2 Å². The zero-order valence-corrected chi connectivity index (χ0v) is 14.0. The maximum Gasteiger partial charge on any atom is 0.362 e. The Balaban J connectivity index is 2.05. The number of aliphatic hydroxyl groups is 1. The first-order chi connectivity index (χ1) is 11.2. The molecule has 1 aromatic carbocycles. The molecule has 0 atom stereocenters. The Morgan fingerprint density at radius 2 is 2.04 bits per heavy atom. The predicted octanol–water partition coefficient (Wildman–Crippen LogP) is 3.50. The lowest BCUT2D eigenvalue weighted by Gasteiger charge is -2.24. The number of piperidine rings is 1. The van der Waals surface area contributed by atoms with Gasteiger partial charge in [-0.3, -0.25) is 0 Å². The Morgan fingerprint density at radius 3 is 2.65 bits per heavy atom. The molecule has 0 spiro atoms. The summed E-state index contributed by atoms with van der Waals surface area (Å²) in [5.74, 6) is 0. The molecular weight excluding hydrogens is 292 g/mol. The number of nitrogens with zero attached hydrogens (tertiary/aromatic N) is 4. The Labute approximate surface area is 137 Å². The summed E-state index contributed by atoms with van der Waals surface area (Å²) < 4.78 is 0. The summed E-state index contributed by atoms with van der Waals surface area (Å²) in [6, 6.07) is 5.59. The van der Waals surface area contributed by atoms with Crippen molar-refractivity contribution in [3.8, 4) is 0 Å². The molecule has 0 aromatic heterocycles. The zero-order valence-electron chi connectivity index (χ0n) is 14.0. The number of aliphatic hydroxyl groups excluding tert-OH is 1. The molecule has 2 rings (SSSR count). The van der Waals surface area contributed by atoms with E-state index < -0.39 is 0 Å². The number of aryl methyl sites for hydroxylation is 1. The number of amides is 2. The largest absolute Gasteiger partial charge is 0.395 e. The van der Waals surface area contributed by atoms with Gasteiger partial charge in [-0.2, -0.15) is 0 Å². The van der Waals surface area contributed by atoms with Crippen LogP contribution < -0.4 is 4.90 Å². The van der Waals surface area contributed by atoms with Crippen molar-refractivity contribution < 1.29 is 9.90 Å². The van der Waals surface area contributed by atoms with Crippen LogP contribution >= 0.6 is 0 Å². The number of urea groups is 1. The lowest BCUT2D eigenvalue weighted by atomic mass is 10.1. The van der Waals surface area contributed by atoms with Crippen molar-refractivity contribution in [2.24, 2.45) is 10.2 Å². The van der Waals surface area contributed by atoms with Gasteiger partial charge in [0.2, 0.25) is 0 Å². The molecule has 126 valence electrons. The van der Waals surface area contributed by atoms with Crippen molar-refractivity contribution in [2.75, 3.05) is 37.7 Å². The van der Waals surface area contributed by atoms with Gasteiger partial charge in [0.15, 0.2) is 0 Å². The summed E-state index contributed by atoms with van der Waals surface area (Å²) in [5.41, 5.74) is 2.72. The molecule has 0 unspecified atom stereocenters. The summed E-state index contributed by atoms with van der Waals surface area (Å²) in [6.07, 6.45) is 3.28. The molecule has 1 N–H and O–H groups in total. The third-order valence-corrected chi connectivity index (χ3v) is 4.17. The minimum Gasteiger partial charge on any atom is -0.395 e. The molecule has 0 saturated carbocycles. The number of benzene rings is 1. The fraction of sp³-hybridized carbons (Fsp3) is 0.588. The molecule has 0 bridgehead atoms. The fourth-order valence-corrected chi connectivity index (χ4v) is 2.78. The molecule has 1 aromatic rings. The van der Waals surface area contributed by atoms with Crippen LogP contribution in [0, 0.1) is 6.92 Å². The maximum atomic E-state index is 12.0. The van der Waals surface area contributed by atoms with Crippen LogP contribution in [0.5, 0.6) is 0 Å². The summed E-state index contributed by atoms with van der Waals surface area (Å²) in [6.45, 7) is 7.12. The van der Waals surface area contributed by atoms with Crippen molar-refractivity contribution in [1.29, 1.82) is 0 Å². The maximum absolute atomic E-state index is 12.0. The molecule has 1 aliphatic heterocycles. The Bertz CT molecular complexity index is 554. The van der Waals surface area contributed by atoms with E-state index in [1.54, 1.807) is 4.90 Å². The second-order valence-electron chi connectivity index (χ2n) is 5.80. The molecule has 0 aliphatic carbocycles. The van der Waals surface area contributed by atoms with E-state index >= 15 is 0 Å². The quantitative estimate of drug-likeness (QED) is 0.845. The van der Waals surface area contributed by atoms with Gasteiger partial charge in [0.25, 0.3) is 0 Å². The Kier molecular flexibility index (Phi) is 6.52. The second kappa shape index (κ2) is 8.62. The van der Waals surface area contributed by atoms with E-state index in [1.165, 1.54) is 6.42 Å². The number of hydrogen-bond donors (Lipinski definition) is 1. The van der Waals surface area contributed by atoms with Crippen LogP contribution in [0.1, 0.15) is 31.7 Å². The number of likely N-dealkylation sites (tertiary alicyclic amines) is 1. The lowest BCUT2D eigenvalue weighted by Crippen LogP contribution is -2.33. The normalized spacial score (nSPS) is 15.2. The highest BCUT2D eigenvalue weighted by atomic mass is 16.3. The number of anilines is 1. The highest BCUT2D eigenvalue weighted by Gasteiger charge is 2.15. The highest BCUT2D eigenvalue weighted by molar-refractivity contribution is 5.75. The van der Waals surface area contributed by atoms with Crippen molar-refractivity contribution in [1.82, 2.24) is 4.90 Å². The summed E-state index contributed by atoms with van der Waals surface area (Å²) >= 11 is 0. The van der Waals surface area contributed by atoms with Crippen LogP contribution in [0.25, 0.3) is 0 Å². The first kappa shape index (κ1) is 17.4. The van der Waals surface area contributed by atoms with E-state index in [1.807, 2.05) is 25.1 Å². The van der Waals surface area contributed by atoms with Gasteiger partial charge in [-0.25, -0.2) is 4.79 Å². The molecular formula is C17H26N4O2. The van der Waals surface area contributed by atoms with E-state index in [-0.39, 0.29) is 12.6 Å². The number of likely N-dealkylation sites (N-methyl/N-ethyl adjacent to an activating group) is 1. The minimum absolute atomic E-state index is 0.124. The van der Waals surface area contributed by atoms with E-state index in [2.05, 4.69) is 22.1 Å². The standard InChI is InChI=1S/C17H26N4O2/c1-3-20(11-12-22)15-7-8-16(14(2)13-15)18-19-17(23)21-9-5-4-6-10-21/h7-8,13,22H,3-6,9-12H2,1-2H3. The van der Waals surface area contributed by atoms with Gasteiger partial charge in [0.05, 0.1) is 12.3 Å². The van der Waals surface area contributed by atoms with Gasteiger partial charge in [-0.15, -0.1) is 5.11 Å². The van der Waals surface area contributed by atoms with Gasteiger partial charge in [-0.05, 0) is 56.9 Å². The van der Waals surface area contributed by atoms with Gasteiger partial charge in [0, 0.05) is 31.9 Å². The topological polar surface area (TPSA) is 68.5 Å². The van der Waals surface area contributed by atoms with Crippen LogP contribution in [0.15, 0.2) is 28.4 Å². The SMILES string of the molecule is CCN(CCO)c1ccc(N=NC(=O)N2CCCCC2)c(C)c1. The number of azo groups is 1. The number of carbonyl (C=O) groups is 1. The number of hydrogen-bond acceptors (Lipinski definition) is 4. The van der Waals surface area contributed by atoms with Crippen LogP contribution in [0.4, 0.5) is 16.2 Å². The highest BCUT2D eigenvalue weighted by Crippen LogP contribution is 2.25. The van der Waals surface area contributed by atoms with Crippen LogP contribution in [-0.4, -0.2) is 48.8 Å². The first-order valence-electron chi connectivity index (χ1n) is 8.32. The monoisotopic (exact) mass is 318 g/mol. The van der Waals surface area contributed by atoms with Crippen LogP contribution in [0.2, 0.25) is 0 Å². The Morgan fingerprint density at radius 1 is 1.30 bits per heavy atom. The minimum atomic E-state index is -0.247. The molecule has 0 radical (unpaired) electrons. The van der Waals surface area contributed by atoms with E-state index in [9.17, 15) is 4.79 Å². The van der Waals surface area contributed by atoms with Gasteiger partial charge in [0.1, 0.15) is 0 Å². The molecule has 2 amide bonds. The second-order valence-corrected chi connectivity index (χ2v) is 5.80. The zero-order chi connectivity index (χ0) is 16.7. The fourth-order valence-electron chi connectivity index (χ4n) is 2.78. The van der Waals surface area contributed by atoms with Crippen molar-refractivity contribution in [3.05, 3.63) is 23.8 Å². The third kappa shape index (κ3) is 4.76. The number of rotatable bonds is 5. The molecule has 6 nitrogen and oxygen atoms in total. The Hall–Kier alpha value is -1.95. The number of carbonyl (C=O) groups excluding carboxylic acids is 1. The van der Waals surface area contributed by atoms with Crippen molar-refractivity contribution in [3.63, 3.8) is 0 Å². The first-order valence-corrected chi connectivity index (χ1v) is 8.32. The molecule has 23 heavy (non-hydrogen) atoms. The summed E-state index contributed by atoms with van der Waals surface area (Å²) in [5, 5.41) is 17.1. The molecule has 6 heteroatoms. The average molecular weight is 318 g/mol. The van der Waals surface area contributed by atoms with Crippen molar-refractivity contribution in [2.45, 2.75) is 33.1 Å². The summed E-state index contributed by atoms with van der Waals surface area (Å²) in [7, 11) is 0. The van der Waals surface area contributed by atoms with Gasteiger partial charge >= 0.3 is 6.03 Å². The molecule has 1 aliphatic rings. The van der Waals surface area contributed by atoms with Crippen LogP contribution in [0.3, 0.4) is 0 Å².